The summed E-state index contributed by atoms with van der Waals surface area (Å²) >= 11 is 0. The smallest absolute Gasteiger partial charge is 0.272 e. The minimum absolute atomic E-state index is 0.0171. The van der Waals surface area contributed by atoms with Gasteiger partial charge < -0.3 is 10.5 Å². The number of rotatable bonds is 7. The summed E-state index contributed by atoms with van der Waals surface area (Å²) in [5.74, 6) is 0.183. The molecule has 0 aliphatic rings. The first-order valence-electron chi connectivity index (χ1n) is 5.91. The van der Waals surface area contributed by atoms with Gasteiger partial charge in [0.05, 0.1) is 4.90 Å². The Morgan fingerprint density at radius 3 is 2.30 bits per heavy atom. The second kappa shape index (κ2) is 6.47. The van der Waals surface area contributed by atoms with Crippen LogP contribution in [0, 0.1) is 0 Å². The number of nitrogens with one attached hydrogen (secondary N) is 1. The van der Waals surface area contributed by atoms with Crippen LogP contribution in [0.4, 0.5) is 8.78 Å². The average Bonchev–Trinajstić information content (AvgIpc) is 2.35. The van der Waals surface area contributed by atoms with Crippen molar-refractivity contribution in [2.75, 3.05) is 13.2 Å². The number of ether oxygens (including phenoxy) is 1. The highest BCUT2D eigenvalue weighted by Gasteiger charge is 2.24. The Bertz CT molecular complexity index is 530. The maximum atomic E-state index is 12.1. The SMILES string of the molecule is CC(C)(CN)NS(=O)(=O)c1ccc(OCC(F)F)cc1. The lowest BCUT2D eigenvalue weighted by Gasteiger charge is -2.23. The highest BCUT2D eigenvalue weighted by molar-refractivity contribution is 7.89. The molecule has 0 aromatic heterocycles. The van der Waals surface area contributed by atoms with Crippen molar-refractivity contribution < 1.29 is 21.9 Å². The Morgan fingerprint density at radius 1 is 1.30 bits per heavy atom. The Labute approximate surface area is 117 Å². The van der Waals surface area contributed by atoms with Crippen molar-refractivity contribution in [2.45, 2.75) is 30.7 Å². The summed E-state index contributed by atoms with van der Waals surface area (Å²) < 4.78 is 55.3. The number of nitrogens with two attached hydrogens (primary N) is 1. The van der Waals surface area contributed by atoms with E-state index in [0.717, 1.165) is 0 Å². The van der Waals surface area contributed by atoms with Gasteiger partial charge >= 0.3 is 0 Å². The molecular weight excluding hydrogens is 290 g/mol. The van der Waals surface area contributed by atoms with E-state index in [0.29, 0.717) is 0 Å². The predicted molar refractivity (Wildman–Crippen MR) is 71.4 cm³/mol. The van der Waals surface area contributed by atoms with E-state index in [2.05, 4.69) is 4.72 Å². The molecule has 8 heteroatoms. The molecule has 0 radical (unpaired) electrons. The first-order valence-corrected chi connectivity index (χ1v) is 7.40. The monoisotopic (exact) mass is 308 g/mol. The molecule has 0 unspecified atom stereocenters. The standard InChI is InChI=1S/C12H18F2N2O3S/c1-12(2,8-15)16-20(17,18)10-5-3-9(4-6-10)19-7-11(13)14/h3-6,11,16H,7-8,15H2,1-2H3. The maximum Gasteiger partial charge on any atom is 0.272 e. The third-order valence-electron chi connectivity index (χ3n) is 2.43. The molecule has 0 saturated heterocycles. The molecule has 1 aromatic carbocycles. The van der Waals surface area contributed by atoms with Gasteiger partial charge in [-0.25, -0.2) is 21.9 Å². The van der Waals surface area contributed by atoms with Gasteiger partial charge in [-0.1, -0.05) is 0 Å². The van der Waals surface area contributed by atoms with Gasteiger partial charge in [0.1, 0.15) is 12.4 Å². The summed E-state index contributed by atoms with van der Waals surface area (Å²) in [7, 11) is -3.71. The number of halogens is 2. The molecular formula is C12H18F2N2O3S. The Kier molecular flexibility index (Phi) is 5.43. The minimum atomic E-state index is -3.71. The lowest BCUT2D eigenvalue weighted by molar-refractivity contribution is 0.0819. The van der Waals surface area contributed by atoms with Crippen molar-refractivity contribution >= 4 is 10.0 Å². The van der Waals surface area contributed by atoms with Gasteiger partial charge in [0.25, 0.3) is 6.43 Å². The third-order valence-corrected chi connectivity index (χ3v) is 4.15. The predicted octanol–water partition coefficient (Wildman–Crippen LogP) is 1.35. The lowest BCUT2D eigenvalue weighted by Crippen LogP contribution is -2.48. The van der Waals surface area contributed by atoms with E-state index in [1.165, 1.54) is 24.3 Å². The van der Waals surface area contributed by atoms with Gasteiger partial charge in [-0.15, -0.1) is 0 Å². The van der Waals surface area contributed by atoms with Gasteiger partial charge in [0.2, 0.25) is 10.0 Å². The van der Waals surface area contributed by atoms with Crippen LogP contribution in [0.3, 0.4) is 0 Å². The van der Waals surface area contributed by atoms with Gasteiger partial charge in [-0.2, -0.15) is 0 Å². The zero-order valence-electron chi connectivity index (χ0n) is 11.3. The summed E-state index contributed by atoms with van der Waals surface area (Å²) in [5, 5.41) is 0. The van der Waals surface area contributed by atoms with Crippen LogP contribution in [-0.2, 0) is 10.0 Å². The third kappa shape index (κ3) is 5.03. The summed E-state index contributed by atoms with van der Waals surface area (Å²) in [6.45, 7) is 2.72. The molecule has 0 atom stereocenters. The average molecular weight is 308 g/mol. The molecule has 114 valence electrons. The summed E-state index contributed by atoms with van der Waals surface area (Å²) in [6.07, 6.45) is -2.58. The van der Waals surface area contributed by atoms with Gasteiger partial charge in [-0.3, -0.25) is 0 Å². The zero-order chi connectivity index (χ0) is 15.4. The van der Waals surface area contributed by atoms with E-state index < -0.39 is 28.6 Å². The maximum absolute atomic E-state index is 12.1. The van der Waals surface area contributed by atoms with Crippen molar-refractivity contribution in [3.8, 4) is 5.75 Å². The fourth-order valence-electron chi connectivity index (χ4n) is 1.34. The molecule has 20 heavy (non-hydrogen) atoms. The number of sulfonamides is 1. The Balaban J connectivity index is 2.82. The molecule has 0 amide bonds. The van der Waals surface area contributed by atoms with Crippen molar-refractivity contribution in [1.29, 1.82) is 0 Å². The number of alkyl halides is 2. The van der Waals surface area contributed by atoms with Crippen LogP contribution in [0.2, 0.25) is 0 Å². The molecule has 0 saturated carbocycles. The molecule has 0 fully saturated rings. The quantitative estimate of drug-likeness (QED) is 0.796. The number of hydrogen-bond donors (Lipinski definition) is 2. The van der Waals surface area contributed by atoms with E-state index in [-0.39, 0.29) is 17.2 Å². The second-order valence-electron chi connectivity index (χ2n) is 4.87. The topological polar surface area (TPSA) is 81.4 Å². The molecule has 1 rings (SSSR count). The van der Waals surface area contributed by atoms with E-state index in [1.807, 2.05) is 0 Å². The van der Waals surface area contributed by atoms with Crippen LogP contribution in [0.1, 0.15) is 13.8 Å². The largest absolute Gasteiger partial charge is 0.488 e. The summed E-state index contributed by atoms with van der Waals surface area (Å²) in [5.41, 5.74) is 4.69. The van der Waals surface area contributed by atoms with Crippen LogP contribution < -0.4 is 15.2 Å². The fraction of sp³-hybridized carbons (Fsp3) is 0.500. The summed E-state index contributed by atoms with van der Waals surface area (Å²) in [4.78, 5) is 0.0171. The second-order valence-corrected chi connectivity index (χ2v) is 6.55. The van der Waals surface area contributed by atoms with E-state index in [4.69, 9.17) is 10.5 Å². The molecule has 3 N–H and O–H groups in total. The fourth-order valence-corrected chi connectivity index (χ4v) is 2.76. The normalized spacial score (nSPS) is 12.7. The van der Waals surface area contributed by atoms with E-state index >= 15 is 0 Å². The first-order chi connectivity index (χ1) is 9.16. The van der Waals surface area contributed by atoms with Crippen LogP contribution in [-0.4, -0.2) is 33.5 Å². The van der Waals surface area contributed by atoms with Crippen LogP contribution in [0.15, 0.2) is 29.2 Å². The van der Waals surface area contributed by atoms with Crippen molar-refractivity contribution in [2.24, 2.45) is 5.73 Å². The van der Waals surface area contributed by atoms with Crippen LogP contribution in [0.25, 0.3) is 0 Å². The van der Waals surface area contributed by atoms with Crippen LogP contribution in [0.5, 0.6) is 5.75 Å². The van der Waals surface area contributed by atoms with Gasteiger partial charge in [0, 0.05) is 12.1 Å². The lowest BCUT2D eigenvalue weighted by atomic mass is 10.1. The summed E-state index contributed by atoms with van der Waals surface area (Å²) in [6, 6.07) is 5.23. The van der Waals surface area contributed by atoms with Crippen molar-refractivity contribution in [1.82, 2.24) is 4.72 Å². The van der Waals surface area contributed by atoms with E-state index in [1.54, 1.807) is 13.8 Å². The molecule has 0 heterocycles. The molecule has 0 aliphatic heterocycles. The highest BCUT2D eigenvalue weighted by Crippen LogP contribution is 2.18. The number of hydrogen-bond acceptors (Lipinski definition) is 4. The minimum Gasteiger partial charge on any atom is -0.488 e. The van der Waals surface area contributed by atoms with Crippen molar-refractivity contribution in [3.05, 3.63) is 24.3 Å². The first kappa shape index (κ1) is 16.8. The zero-order valence-corrected chi connectivity index (χ0v) is 12.1. The molecule has 0 bridgehead atoms. The van der Waals surface area contributed by atoms with Gasteiger partial charge in [0.15, 0.2) is 0 Å². The van der Waals surface area contributed by atoms with Crippen LogP contribution >= 0.6 is 0 Å². The molecule has 0 spiro atoms. The molecule has 5 nitrogen and oxygen atoms in total. The molecule has 0 aliphatic carbocycles. The number of benzene rings is 1. The van der Waals surface area contributed by atoms with Gasteiger partial charge in [-0.05, 0) is 38.1 Å². The Morgan fingerprint density at radius 2 is 1.85 bits per heavy atom. The molecule has 1 aromatic rings. The van der Waals surface area contributed by atoms with Crippen molar-refractivity contribution in [3.63, 3.8) is 0 Å². The van der Waals surface area contributed by atoms with E-state index in [9.17, 15) is 17.2 Å². The highest BCUT2D eigenvalue weighted by atomic mass is 32.2. The Hall–Kier alpha value is -1.25.